The van der Waals surface area contributed by atoms with Crippen LogP contribution in [-0.2, 0) is 9.59 Å². The highest BCUT2D eigenvalue weighted by Gasteiger charge is 2.62. The molecule has 22 nitrogen and oxygen atoms in total. The first-order valence-electron chi connectivity index (χ1n) is 37.5. The Balaban J connectivity index is 0.000000175. The van der Waals surface area contributed by atoms with Crippen molar-refractivity contribution in [1.29, 1.82) is 0 Å². The molecule has 26 atom stereocenters. The van der Waals surface area contributed by atoms with Crippen molar-refractivity contribution >= 4 is 23.9 Å². The van der Waals surface area contributed by atoms with E-state index in [9.17, 15) is 19.2 Å². The molecule has 0 aromatic carbocycles. The Hall–Kier alpha value is -4.96. The Bertz CT molecular complexity index is 2940. The maximum Gasteiger partial charge on any atom is 0.320 e. The van der Waals surface area contributed by atoms with Crippen molar-refractivity contribution in [3.63, 3.8) is 0 Å². The van der Waals surface area contributed by atoms with Crippen molar-refractivity contribution in [2.24, 2.45) is 47.3 Å². The number of nitrogens with zero attached hydrogens (tertiary/aromatic N) is 10. The SMILES string of the molecule is C=CC(=O)N1C[C@H](C)N(C2NC(=O)N3C4NC(C(F)CC42)C2C(F)CCCC2N2C=C(CCN(C)C4CCCC(C(C)C)C43)NN2)C[C@H]1C.C=CC(=O)N1C[C@H](C)N(C2NC(=O)N3C4NC(C(F)CC42)C2C(F)CCCC2N2C=C(CN(C)C4CCCC(C(C)C)C43)NN2)C[C@H]1C. The van der Waals surface area contributed by atoms with Crippen molar-refractivity contribution in [3.8, 4) is 0 Å². The molecule has 6 saturated heterocycles. The molecule has 10 fully saturated rings. The van der Waals surface area contributed by atoms with Crippen LogP contribution in [0, 0.1) is 47.3 Å². The molecular formula is C71H116F4N18O4. The Morgan fingerprint density at radius 1 is 0.526 bits per heavy atom. The number of carbonyl (C=O) groups is 4. The summed E-state index contributed by atoms with van der Waals surface area (Å²) in [6, 6.07) is -2.48. The zero-order valence-electron chi connectivity index (χ0n) is 59.4. The molecule has 14 aliphatic rings. The minimum absolute atomic E-state index is 0.0584. The summed E-state index contributed by atoms with van der Waals surface area (Å²) in [6.45, 7) is 28.2. The van der Waals surface area contributed by atoms with Gasteiger partial charge in [-0.1, -0.05) is 53.7 Å². The van der Waals surface area contributed by atoms with Crippen LogP contribution in [0.25, 0.3) is 0 Å². The van der Waals surface area contributed by atoms with Crippen LogP contribution in [0.3, 0.4) is 0 Å². The third kappa shape index (κ3) is 13.2. The quantitative estimate of drug-likeness (QED) is 0.111. The Morgan fingerprint density at radius 2 is 0.938 bits per heavy atom. The molecular weight excluding hydrogens is 1240 g/mol. The number of hydrazine groups is 4. The first-order chi connectivity index (χ1) is 46.5. The zero-order valence-corrected chi connectivity index (χ0v) is 59.4. The fourth-order valence-electron chi connectivity index (χ4n) is 21.5. The number of rotatable bonds is 6. The van der Waals surface area contributed by atoms with Crippen LogP contribution in [0.4, 0.5) is 27.2 Å². The molecule has 14 rings (SSSR count). The van der Waals surface area contributed by atoms with Gasteiger partial charge in [-0.25, -0.2) is 27.2 Å². The largest absolute Gasteiger partial charge is 0.334 e. The van der Waals surface area contributed by atoms with Gasteiger partial charge >= 0.3 is 12.1 Å². The molecule has 6 amide bonds. The van der Waals surface area contributed by atoms with Crippen LogP contribution >= 0.6 is 0 Å². The van der Waals surface area contributed by atoms with Crippen LogP contribution in [0.1, 0.15) is 152 Å². The molecule has 10 heterocycles. The lowest BCUT2D eigenvalue weighted by Crippen LogP contribution is -2.80. The first kappa shape index (κ1) is 70.5. The topological polar surface area (TPSA) is 197 Å². The van der Waals surface area contributed by atoms with Gasteiger partial charge in [0.15, 0.2) is 0 Å². The van der Waals surface area contributed by atoms with Crippen LogP contribution in [0.5, 0.6) is 0 Å². The summed E-state index contributed by atoms with van der Waals surface area (Å²) in [7, 11) is 4.33. The predicted octanol–water partition coefficient (Wildman–Crippen LogP) is 6.19. The molecule has 4 aliphatic carbocycles. The van der Waals surface area contributed by atoms with Crippen LogP contribution in [0.2, 0.25) is 0 Å². The monoisotopic (exact) mass is 1360 g/mol. The summed E-state index contributed by atoms with van der Waals surface area (Å²) >= 11 is 0. The summed E-state index contributed by atoms with van der Waals surface area (Å²) in [6.07, 6.45) is 11.4. The van der Waals surface area contributed by atoms with Crippen LogP contribution < -0.4 is 43.2 Å². The maximum atomic E-state index is 17.0. The molecule has 0 aromatic rings. The number of urea groups is 2. The number of piperazine rings is 2. The fraction of sp³-hybridized carbons (Fsp3) is 0.831. The normalized spacial score (nSPS) is 43.7. The van der Waals surface area contributed by atoms with Gasteiger partial charge in [0.2, 0.25) is 11.8 Å². The standard InChI is InChI=1S/C36H59F2N9O2.C35H57F2N9O2/c1-7-30(48)44-17-22(5)45(18-21(44)4)34-25-16-27(38)32-31-26(37)11-9-12-28(31)46-19-23(41-42-46)14-15-43(6)29-13-8-10-24(20(2)3)33(29)47(35(25)39-32)36(49)40-34;1-7-29(47)43-15-21(5)44(16-20(43)4)33-24-14-26(37)31-30-25(36)11-9-12-27(30)45-18-22(40-41-45)17-42(6)28-13-8-10-23(19(2)3)32(28)46(34(24)38-31)35(48)39-33/h7,19-22,24-29,31-35,39,41-42H,1,8-18H2,2-6H3,(H,40,49);7,18-21,23-28,30-34,38,40-41H,1,8-17H2,2-6H3,(H,39,48)/t21-,22+,24?,25?,26?,27?,28?,29?,31?,32?,33?,34?,35?;20-,21+,23?,24?,25?,26?,27?,28?,30?,31?,32?,33?,34?/m11/s1. The molecule has 26 heteroatoms. The Kier molecular flexibility index (Phi) is 20.9. The zero-order chi connectivity index (χ0) is 68.7. The van der Waals surface area contributed by atoms with Gasteiger partial charge in [-0.2, -0.15) is 0 Å². The maximum absolute atomic E-state index is 17.0. The van der Waals surface area contributed by atoms with Gasteiger partial charge in [-0.15, -0.1) is 11.1 Å². The van der Waals surface area contributed by atoms with E-state index in [1.54, 1.807) is 0 Å². The lowest BCUT2D eigenvalue weighted by atomic mass is 9.70. The summed E-state index contributed by atoms with van der Waals surface area (Å²) in [4.78, 5) is 72.1. The lowest BCUT2D eigenvalue weighted by molar-refractivity contribution is -0.138. The number of hydrogen-bond acceptors (Lipinski definition) is 16. The van der Waals surface area contributed by atoms with E-state index in [-0.39, 0.29) is 121 Å². The first-order valence-corrected chi connectivity index (χ1v) is 37.5. The lowest BCUT2D eigenvalue weighted by Gasteiger charge is -2.61. The van der Waals surface area contributed by atoms with Gasteiger partial charge < -0.3 is 46.0 Å². The highest BCUT2D eigenvalue weighted by atomic mass is 19.1. The summed E-state index contributed by atoms with van der Waals surface area (Å²) < 4.78 is 66.4. The number of likely N-dealkylation sites (N-methyl/N-ethyl adjacent to an activating group) is 2. The summed E-state index contributed by atoms with van der Waals surface area (Å²) in [5.41, 5.74) is 15.3. The van der Waals surface area contributed by atoms with Gasteiger partial charge in [0.25, 0.3) is 0 Å². The van der Waals surface area contributed by atoms with Gasteiger partial charge in [0.1, 0.15) is 24.7 Å². The third-order valence-corrected chi connectivity index (χ3v) is 26.3. The number of amides is 6. The van der Waals surface area contributed by atoms with Crippen molar-refractivity contribution in [2.75, 3.05) is 53.4 Å². The molecule has 8 bridgehead atoms. The van der Waals surface area contributed by atoms with Crippen LogP contribution in [-0.4, -0.2) is 248 Å². The van der Waals surface area contributed by atoms with Gasteiger partial charge in [-0.3, -0.25) is 44.9 Å². The van der Waals surface area contributed by atoms with E-state index in [0.29, 0.717) is 57.4 Å². The smallest absolute Gasteiger partial charge is 0.320 e. The second-order valence-corrected chi connectivity index (χ2v) is 32.6. The van der Waals surface area contributed by atoms with E-state index in [4.69, 9.17) is 0 Å². The molecule has 10 aliphatic heterocycles. The van der Waals surface area contributed by atoms with Crippen LogP contribution in [0.15, 0.2) is 49.1 Å². The Labute approximate surface area is 574 Å². The highest BCUT2D eigenvalue weighted by Crippen LogP contribution is 2.49. The summed E-state index contributed by atoms with van der Waals surface area (Å²) in [5.74, 6) is -0.696. The Morgan fingerprint density at radius 3 is 1.38 bits per heavy atom. The molecule has 0 spiro atoms. The second kappa shape index (κ2) is 28.8. The van der Waals surface area contributed by atoms with Gasteiger partial charge in [0, 0.05) is 136 Å². The van der Waals surface area contributed by atoms with E-state index in [2.05, 4.69) is 154 Å². The number of alkyl halides is 4. The van der Waals surface area contributed by atoms with E-state index >= 15 is 17.6 Å². The molecule has 22 unspecified atom stereocenters. The number of fused-ring (bicyclic) bond motifs is 14. The van der Waals surface area contributed by atoms with E-state index in [1.165, 1.54) is 12.2 Å². The molecule has 97 heavy (non-hydrogen) atoms. The summed E-state index contributed by atoms with van der Waals surface area (Å²) in [5, 5.41) is 18.3. The average molecular weight is 1360 g/mol. The number of carbonyl (C=O) groups excluding carboxylic acids is 4. The third-order valence-electron chi connectivity index (χ3n) is 26.3. The highest BCUT2D eigenvalue weighted by molar-refractivity contribution is 5.88. The fourth-order valence-corrected chi connectivity index (χ4v) is 21.5. The van der Waals surface area contributed by atoms with E-state index in [0.717, 1.165) is 88.6 Å². The second-order valence-electron chi connectivity index (χ2n) is 32.6. The molecule has 0 aromatic heterocycles. The predicted molar refractivity (Wildman–Crippen MR) is 365 cm³/mol. The number of nitrogens with one attached hydrogen (secondary N) is 8. The number of hydrogen-bond donors (Lipinski definition) is 8. The van der Waals surface area contributed by atoms with Crippen molar-refractivity contribution in [1.82, 2.24) is 92.4 Å². The number of halogens is 4. The number of piperidine rings is 2. The minimum atomic E-state index is -1.29. The van der Waals surface area contributed by atoms with Gasteiger partial charge in [-0.05, 0) is 155 Å². The molecule has 542 valence electrons. The van der Waals surface area contributed by atoms with E-state index < -0.39 is 73.3 Å². The van der Waals surface area contributed by atoms with Crippen molar-refractivity contribution in [2.45, 2.75) is 274 Å². The molecule has 8 N–H and O–H groups in total. The van der Waals surface area contributed by atoms with Crippen molar-refractivity contribution in [3.05, 3.63) is 49.1 Å². The molecule has 0 radical (unpaired) electrons. The minimum Gasteiger partial charge on any atom is -0.334 e. The van der Waals surface area contributed by atoms with E-state index in [1.807, 2.05) is 33.7 Å². The van der Waals surface area contributed by atoms with Gasteiger partial charge in [0.05, 0.1) is 54.5 Å². The van der Waals surface area contributed by atoms with Crippen molar-refractivity contribution < 1.29 is 36.7 Å². The molecule has 4 saturated carbocycles. The average Bonchev–Trinajstić information content (AvgIpc) is 1.26.